The highest BCUT2D eigenvalue weighted by atomic mass is 16.6. The van der Waals surface area contributed by atoms with Crippen LogP contribution in [0, 0.1) is 0 Å². The predicted molar refractivity (Wildman–Crippen MR) is 154 cm³/mol. The monoisotopic (exact) mass is 598 g/mol. The van der Waals surface area contributed by atoms with Gasteiger partial charge in [0, 0.05) is 6.61 Å². The molecule has 0 unspecified atom stereocenters. The number of unbranched alkanes of at least 4 members (excludes halogenated alkanes) is 4. The molecule has 0 amide bonds. The third kappa shape index (κ3) is 37.0. The number of ether oxygens (including phenoxy) is 11. The highest BCUT2D eigenvalue weighted by molar-refractivity contribution is 5.69. The number of esters is 1. The Hall–Kier alpha value is -0.930. The Labute approximate surface area is 247 Å². The van der Waals surface area contributed by atoms with E-state index in [0.29, 0.717) is 126 Å². The summed E-state index contributed by atoms with van der Waals surface area (Å²) in [7, 11) is 1.35. The Bertz CT molecular complexity index is 498. The van der Waals surface area contributed by atoms with Crippen molar-refractivity contribution < 1.29 is 56.9 Å². The Kier molecular flexibility index (Phi) is 36.3. The van der Waals surface area contributed by atoms with E-state index in [2.05, 4.69) is 11.7 Å². The van der Waals surface area contributed by atoms with E-state index in [0.717, 1.165) is 13.0 Å². The number of methoxy groups -OCH3 is 1. The van der Waals surface area contributed by atoms with Crippen LogP contribution in [0.15, 0.2) is 0 Å². The van der Waals surface area contributed by atoms with Crippen LogP contribution in [0.5, 0.6) is 0 Å². The zero-order valence-corrected chi connectivity index (χ0v) is 25.8. The molecule has 0 spiro atoms. The average Bonchev–Trinajstić information content (AvgIpc) is 2.99. The van der Waals surface area contributed by atoms with Gasteiger partial charge in [-0.15, -0.1) is 0 Å². The van der Waals surface area contributed by atoms with E-state index in [1.807, 2.05) is 0 Å². The summed E-state index contributed by atoms with van der Waals surface area (Å²) in [4.78, 5) is 10.9. The maximum absolute atomic E-state index is 10.9. The van der Waals surface area contributed by atoms with Crippen molar-refractivity contribution in [3.8, 4) is 0 Å². The van der Waals surface area contributed by atoms with Gasteiger partial charge in [0.15, 0.2) is 0 Å². The molecule has 0 aromatic rings. The average molecular weight is 599 g/mol. The fourth-order valence-corrected chi connectivity index (χ4v) is 3.15. The lowest BCUT2D eigenvalue weighted by atomic mass is 10.2. The van der Waals surface area contributed by atoms with Gasteiger partial charge in [0.2, 0.25) is 0 Å². The molecule has 0 N–H and O–H groups in total. The first kappa shape index (κ1) is 40.1. The first-order valence-corrected chi connectivity index (χ1v) is 15.2. The molecule has 12 heteroatoms. The minimum absolute atomic E-state index is 0.249. The lowest BCUT2D eigenvalue weighted by molar-refractivity contribution is -0.141. The Morgan fingerprint density at radius 3 is 0.927 bits per heavy atom. The van der Waals surface area contributed by atoms with E-state index < -0.39 is 0 Å². The van der Waals surface area contributed by atoms with Crippen molar-refractivity contribution in [1.29, 1.82) is 0 Å². The third-order valence-corrected chi connectivity index (χ3v) is 5.42. The van der Waals surface area contributed by atoms with Crippen molar-refractivity contribution in [2.45, 2.75) is 45.4 Å². The Morgan fingerprint density at radius 2 is 0.634 bits per heavy atom. The highest BCUT2D eigenvalue weighted by Gasteiger charge is 1.99. The molecule has 246 valence electrons. The molecule has 0 bridgehead atoms. The fourth-order valence-electron chi connectivity index (χ4n) is 3.15. The predicted octanol–water partition coefficient (Wildman–Crippen LogP) is 2.69. The molecular weight excluding hydrogens is 540 g/mol. The molecule has 0 atom stereocenters. The number of hydrogen-bond acceptors (Lipinski definition) is 12. The molecule has 0 fully saturated rings. The highest BCUT2D eigenvalue weighted by Crippen LogP contribution is 2.02. The van der Waals surface area contributed by atoms with Gasteiger partial charge in [-0.2, -0.15) is 0 Å². The summed E-state index contributed by atoms with van der Waals surface area (Å²) < 4.78 is 58.9. The topological polar surface area (TPSA) is 119 Å². The Balaban J connectivity index is 3.04. The number of hydrogen-bond donors (Lipinski definition) is 0. The number of rotatable bonds is 36. The summed E-state index contributed by atoms with van der Waals surface area (Å²) in [5.41, 5.74) is 0. The normalized spacial score (nSPS) is 11.4. The molecule has 0 radical (unpaired) electrons. The SMILES string of the molecule is CCCCCCCOCCOCCOCCOCCOCCOCCOCCOCCOCCOCCC(=O)OC. The zero-order chi connectivity index (χ0) is 29.7. The number of carbonyl (C=O) groups is 1. The third-order valence-electron chi connectivity index (χ3n) is 5.42. The largest absolute Gasteiger partial charge is 0.469 e. The minimum Gasteiger partial charge on any atom is -0.469 e. The molecule has 0 aliphatic rings. The second-order valence-corrected chi connectivity index (χ2v) is 8.86. The van der Waals surface area contributed by atoms with Gasteiger partial charge in [0.05, 0.1) is 139 Å². The van der Waals surface area contributed by atoms with Gasteiger partial charge in [-0.1, -0.05) is 32.6 Å². The summed E-state index contributed by atoms with van der Waals surface area (Å²) in [5, 5.41) is 0. The second-order valence-electron chi connectivity index (χ2n) is 8.86. The van der Waals surface area contributed by atoms with Crippen LogP contribution in [0.4, 0.5) is 0 Å². The van der Waals surface area contributed by atoms with Crippen molar-refractivity contribution >= 4 is 5.97 Å². The van der Waals surface area contributed by atoms with E-state index in [4.69, 9.17) is 47.4 Å². The van der Waals surface area contributed by atoms with Gasteiger partial charge in [-0.3, -0.25) is 4.79 Å². The van der Waals surface area contributed by atoms with Crippen molar-refractivity contribution in [3.05, 3.63) is 0 Å². The van der Waals surface area contributed by atoms with E-state index >= 15 is 0 Å². The van der Waals surface area contributed by atoms with E-state index in [-0.39, 0.29) is 12.4 Å². The van der Waals surface area contributed by atoms with E-state index in [9.17, 15) is 4.79 Å². The number of carbonyl (C=O) groups excluding carboxylic acids is 1. The van der Waals surface area contributed by atoms with Crippen molar-refractivity contribution in [1.82, 2.24) is 0 Å². The van der Waals surface area contributed by atoms with Gasteiger partial charge >= 0.3 is 5.97 Å². The maximum Gasteiger partial charge on any atom is 0.307 e. The minimum atomic E-state index is -0.282. The van der Waals surface area contributed by atoms with Crippen LogP contribution >= 0.6 is 0 Å². The molecule has 0 rings (SSSR count). The summed E-state index contributed by atoms with van der Waals surface area (Å²) >= 11 is 0. The van der Waals surface area contributed by atoms with Crippen LogP contribution in [-0.4, -0.2) is 145 Å². The van der Waals surface area contributed by atoms with Gasteiger partial charge in [0.1, 0.15) is 0 Å². The van der Waals surface area contributed by atoms with Crippen LogP contribution in [0.25, 0.3) is 0 Å². The molecule has 0 aliphatic carbocycles. The quantitative estimate of drug-likeness (QED) is 0.0779. The molecule has 12 nitrogen and oxygen atoms in total. The molecule has 0 heterocycles. The van der Waals surface area contributed by atoms with Gasteiger partial charge < -0.3 is 52.1 Å². The van der Waals surface area contributed by atoms with Crippen LogP contribution in [-0.2, 0) is 56.9 Å². The van der Waals surface area contributed by atoms with Crippen LogP contribution in [0.3, 0.4) is 0 Å². The smallest absolute Gasteiger partial charge is 0.307 e. The summed E-state index contributed by atoms with van der Waals surface area (Å²) in [6, 6.07) is 0. The molecule has 0 saturated carbocycles. The Morgan fingerprint density at radius 1 is 0.366 bits per heavy atom. The lowest BCUT2D eigenvalue weighted by Crippen LogP contribution is -2.15. The maximum atomic E-state index is 10.9. The van der Waals surface area contributed by atoms with Crippen molar-refractivity contribution in [2.24, 2.45) is 0 Å². The molecule has 41 heavy (non-hydrogen) atoms. The molecular formula is C29H58O12. The van der Waals surface area contributed by atoms with Crippen molar-refractivity contribution in [3.63, 3.8) is 0 Å². The van der Waals surface area contributed by atoms with Crippen LogP contribution in [0.2, 0.25) is 0 Å². The molecule has 0 saturated heterocycles. The van der Waals surface area contributed by atoms with Crippen LogP contribution < -0.4 is 0 Å². The van der Waals surface area contributed by atoms with Gasteiger partial charge in [-0.05, 0) is 6.42 Å². The molecule has 0 aliphatic heterocycles. The lowest BCUT2D eigenvalue weighted by Gasteiger charge is -2.09. The second kappa shape index (κ2) is 37.1. The van der Waals surface area contributed by atoms with Crippen molar-refractivity contribution in [2.75, 3.05) is 139 Å². The van der Waals surface area contributed by atoms with E-state index in [1.54, 1.807) is 0 Å². The standard InChI is InChI=1S/C29H58O12/c1-3-4-5-6-7-9-32-11-13-34-15-17-36-19-21-38-23-25-40-27-28-41-26-24-39-22-20-37-18-16-35-14-12-33-10-8-29(30)31-2/h3-28H2,1-2H3. The molecule has 0 aromatic carbocycles. The first-order chi connectivity index (χ1) is 20.3. The molecule has 0 aromatic heterocycles. The summed E-state index contributed by atoms with van der Waals surface area (Å²) in [6.07, 6.45) is 6.52. The van der Waals surface area contributed by atoms with Gasteiger partial charge in [-0.25, -0.2) is 0 Å². The fraction of sp³-hybridized carbons (Fsp3) is 0.966. The van der Waals surface area contributed by atoms with Crippen LogP contribution in [0.1, 0.15) is 45.4 Å². The first-order valence-electron chi connectivity index (χ1n) is 15.2. The van der Waals surface area contributed by atoms with Gasteiger partial charge in [0.25, 0.3) is 0 Å². The summed E-state index contributed by atoms with van der Waals surface area (Å²) in [5.74, 6) is -0.282. The van der Waals surface area contributed by atoms with E-state index in [1.165, 1.54) is 32.8 Å². The summed E-state index contributed by atoms with van der Waals surface area (Å²) in [6.45, 7) is 12.7. The zero-order valence-electron chi connectivity index (χ0n) is 25.8.